The van der Waals surface area contributed by atoms with E-state index in [0.717, 1.165) is 27.5 Å². The molecular formula is C26H22ClN7OS2. The summed E-state index contributed by atoms with van der Waals surface area (Å²) in [6.45, 7) is 2.52. The first-order valence-electron chi connectivity index (χ1n) is 11.5. The number of hydrogen-bond donors (Lipinski definition) is 1. The molecule has 0 aliphatic rings. The van der Waals surface area contributed by atoms with Crippen molar-refractivity contribution >= 4 is 40.6 Å². The fourth-order valence-electron chi connectivity index (χ4n) is 3.64. The van der Waals surface area contributed by atoms with Crippen molar-refractivity contribution in [2.24, 2.45) is 0 Å². The number of thiazole rings is 1. The SMILES string of the molecule is Cc1ccc(Cl)cc1-n1c(SCc2nc(C(=O)NCCc3ccccn3)cs2)nnc1-c1ccncc1. The van der Waals surface area contributed by atoms with E-state index in [0.29, 0.717) is 40.4 Å². The lowest BCUT2D eigenvalue weighted by atomic mass is 10.2. The smallest absolute Gasteiger partial charge is 0.270 e. The molecule has 0 saturated carbocycles. The van der Waals surface area contributed by atoms with E-state index in [1.807, 2.05) is 60.0 Å². The van der Waals surface area contributed by atoms with Crippen LogP contribution in [0.1, 0.15) is 26.8 Å². The molecule has 4 aromatic heterocycles. The van der Waals surface area contributed by atoms with Crippen LogP contribution in [0.4, 0.5) is 0 Å². The number of nitrogens with zero attached hydrogens (tertiary/aromatic N) is 6. The van der Waals surface area contributed by atoms with Gasteiger partial charge in [-0.3, -0.25) is 19.3 Å². The predicted octanol–water partition coefficient (Wildman–Crippen LogP) is 5.41. The van der Waals surface area contributed by atoms with Crippen molar-refractivity contribution in [2.75, 3.05) is 6.54 Å². The number of hydrogen-bond acceptors (Lipinski definition) is 8. The lowest BCUT2D eigenvalue weighted by Gasteiger charge is -2.13. The standard InChI is InChI=1S/C26H22ClN7OS2/c1-17-5-6-19(27)14-22(17)34-24(18-7-11-28-12-8-18)32-33-26(34)37-16-23-31-21(15-36-23)25(35)30-13-9-20-4-2-3-10-29-20/h2-8,10-12,14-15H,9,13,16H2,1H3,(H,30,35). The Morgan fingerprint density at radius 3 is 2.78 bits per heavy atom. The fourth-order valence-corrected chi connectivity index (χ4v) is 5.54. The molecule has 5 rings (SSSR count). The van der Waals surface area contributed by atoms with Gasteiger partial charge in [0.1, 0.15) is 10.7 Å². The van der Waals surface area contributed by atoms with Crippen LogP contribution in [0.15, 0.2) is 77.7 Å². The van der Waals surface area contributed by atoms with Gasteiger partial charge in [-0.25, -0.2) is 4.98 Å². The Bertz CT molecular complexity index is 1510. The van der Waals surface area contributed by atoms with Crippen LogP contribution < -0.4 is 5.32 Å². The van der Waals surface area contributed by atoms with Gasteiger partial charge < -0.3 is 5.32 Å². The Morgan fingerprint density at radius 1 is 1.11 bits per heavy atom. The molecule has 1 amide bonds. The number of carbonyl (C=O) groups is 1. The first-order chi connectivity index (χ1) is 18.1. The monoisotopic (exact) mass is 547 g/mol. The van der Waals surface area contributed by atoms with Gasteiger partial charge in [0.25, 0.3) is 5.91 Å². The summed E-state index contributed by atoms with van der Waals surface area (Å²) in [6.07, 6.45) is 5.86. The van der Waals surface area contributed by atoms with Crippen molar-refractivity contribution in [3.8, 4) is 17.1 Å². The largest absolute Gasteiger partial charge is 0.350 e. The summed E-state index contributed by atoms with van der Waals surface area (Å²) in [6, 6.07) is 15.3. The van der Waals surface area contributed by atoms with Crippen LogP contribution >= 0.6 is 34.7 Å². The molecule has 5 aromatic rings. The number of aryl methyl sites for hydroxylation is 1. The number of halogens is 1. The Morgan fingerprint density at radius 2 is 1.97 bits per heavy atom. The molecule has 0 bridgehead atoms. The van der Waals surface area contributed by atoms with Crippen LogP contribution in [0.25, 0.3) is 17.1 Å². The topological polar surface area (TPSA) is 98.5 Å². The highest BCUT2D eigenvalue weighted by Crippen LogP contribution is 2.32. The van der Waals surface area contributed by atoms with Crippen molar-refractivity contribution in [2.45, 2.75) is 24.3 Å². The van der Waals surface area contributed by atoms with Gasteiger partial charge in [0.2, 0.25) is 0 Å². The fraction of sp³-hybridized carbons (Fsp3) is 0.154. The molecule has 0 aliphatic carbocycles. The molecular weight excluding hydrogens is 526 g/mol. The first kappa shape index (κ1) is 25.1. The van der Waals surface area contributed by atoms with Crippen molar-refractivity contribution in [1.82, 2.24) is 35.0 Å². The summed E-state index contributed by atoms with van der Waals surface area (Å²) in [5.74, 6) is 1.04. The molecule has 186 valence electrons. The van der Waals surface area contributed by atoms with Gasteiger partial charge in [-0.05, 0) is 48.9 Å². The van der Waals surface area contributed by atoms with Gasteiger partial charge in [-0.15, -0.1) is 21.5 Å². The van der Waals surface area contributed by atoms with Crippen LogP contribution in [0.2, 0.25) is 5.02 Å². The molecule has 0 fully saturated rings. The minimum absolute atomic E-state index is 0.193. The predicted molar refractivity (Wildman–Crippen MR) is 146 cm³/mol. The van der Waals surface area contributed by atoms with Gasteiger partial charge in [-0.2, -0.15) is 0 Å². The highest BCUT2D eigenvalue weighted by molar-refractivity contribution is 7.98. The molecule has 0 spiro atoms. The van der Waals surface area contributed by atoms with Crippen LogP contribution in [-0.2, 0) is 12.2 Å². The molecule has 0 aliphatic heterocycles. The van der Waals surface area contributed by atoms with Crippen LogP contribution in [0, 0.1) is 6.92 Å². The third-order valence-corrected chi connectivity index (χ3v) is 7.69. The van der Waals surface area contributed by atoms with Gasteiger partial charge in [0.05, 0.1) is 11.4 Å². The van der Waals surface area contributed by atoms with Crippen LogP contribution in [0.5, 0.6) is 0 Å². The van der Waals surface area contributed by atoms with Crippen LogP contribution in [-0.4, -0.2) is 42.2 Å². The van der Waals surface area contributed by atoms with E-state index in [9.17, 15) is 4.79 Å². The molecule has 8 nitrogen and oxygen atoms in total. The number of aromatic nitrogens is 6. The lowest BCUT2D eigenvalue weighted by Crippen LogP contribution is -2.26. The van der Waals surface area contributed by atoms with Gasteiger partial charge in [0.15, 0.2) is 11.0 Å². The van der Waals surface area contributed by atoms with E-state index in [4.69, 9.17) is 11.6 Å². The summed E-state index contributed by atoms with van der Waals surface area (Å²) in [5.41, 5.74) is 4.18. The molecule has 1 aromatic carbocycles. The zero-order valence-corrected chi connectivity index (χ0v) is 22.2. The average Bonchev–Trinajstić information content (AvgIpc) is 3.57. The van der Waals surface area contributed by atoms with Gasteiger partial charge >= 0.3 is 0 Å². The van der Waals surface area contributed by atoms with Crippen molar-refractivity contribution in [3.05, 3.63) is 99.5 Å². The third kappa shape index (κ3) is 6.04. The number of thioether (sulfide) groups is 1. The normalized spacial score (nSPS) is 11.0. The maximum Gasteiger partial charge on any atom is 0.270 e. The Labute approximate surface area is 227 Å². The molecule has 4 heterocycles. The van der Waals surface area contributed by atoms with Gasteiger partial charge in [-0.1, -0.05) is 35.5 Å². The zero-order chi connectivity index (χ0) is 25.6. The molecule has 37 heavy (non-hydrogen) atoms. The summed E-state index contributed by atoms with van der Waals surface area (Å²) in [7, 11) is 0. The second-order valence-electron chi connectivity index (χ2n) is 8.05. The summed E-state index contributed by atoms with van der Waals surface area (Å²) in [5, 5.41) is 15.8. The number of nitrogens with one attached hydrogen (secondary N) is 1. The maximum atomic E-state index is 12.6. The number of rotatable bonds is 9. The number of carbonyl (C=O) groups excluding carboxylic acids is 1. The van der Waals surface area contributed by atoms with E-state index in [2.05, 4.69) is 30.5 Å². The van der Waals surface area contributed by atoms with E-state index in [-0.39, 0.29) is 5.91 Å². The zero-order valence-electron chi connectivity index (χ0n) is 19.8. The van der Waals surface area contributed by atoms with E-state index in [1.54, 1.807) is 24.0 Å². The molecule has 0 atom stereocenters. The minimum Gasteiger partial charge on any atom is -0.350 e. The highest BCUT2D eigenvalue weighted by atomic mass is 35.5. The molecule has 1 N–H and O–H groups in total. The Hall–Kier alpha value is -3.60. The number of amides is 1. The number of pyridine rings is 2. The first-order valence-corrected chi connectivity index (χ1v) is 13.7. The van der Waals surface area contributed by atoms with Crippen molar-refractivity contribution in [3.63, 3.8) is 0 Å². The minimum atomic E-state index is -0.193. The quantitative estimate of drug-likeness (QED) is 0.246. The maximum absolute atomic E-state index is 12.6. The molecule has 0 saturated heterocycles. The third-order valence-electron chi connectivity index (χ3n) is 5.49. The molecule has 11 heteroatoms. The van der Waals surface area contributed by atoms with Crippen molar-refractivity contribution in [1.29, 1.82) is 0 Å². The summed E-state index contributed by atoms with van der Waals surface area (Å²) < 4.78 is 2.00. The Kier molecular flexibility index (Phi) is 7.88. The average molecular weight is 548 g/mol. The number of benzene rings is 1. The summed E-state index contributed by atoms with van der Waals surface area (Å²) >= 11 is 9.29. The second-order valence-corrected chi connectivity index (χ2v) is 10.4. The van der Waals surface area contributed by atoms with Crippen LogP contribution in [0.3, 0.4) is 0 Å². The molecule has 0 radical (unpaired) electrons. The van der Waals surface area contributed by atoms with E-state index in [1.165, 1.54) is 23.1 Å². The Balaban J connectivity index is 1.31. The van der Waals surface area contributed by atoms with Gasteiger partial charge in [0, 0.05) is 53.2 Å². The molecule has 0 unspecified atom stereocenters. The second kappa shape index (κ2) is 11.6. The summed E-state index contributed by atoms with van der Waals surface area (Å²) in [4.78, 5) is 25.5. The van der Waals surface area contributed by atoms with Crippen molar-refractivity contribution < 1.29 is 4.79 Å². The van der Waals surface area contributed by atoms with E-state index >= 15 is 0 Å². The highest BCUT2D eigenvalue weighted by Gasteiger charge is 2.19. The lowest BCUT2D eigenvalue weighted by molar-refractivity contribution is 0.0949. The van der Waals surface area contributed by atoms with E-state index < -0.39 is 0 Å².